The third-order valence-corrected chi connectivity index (χ3v) is 4.64. The number of benzene rings is 1. The third kappa shape index (κ3) is 2.36. The molecule has 0 aliphatic heterocycles. The molecule has 2 rings (SSSR count). The highest BCUT2D eigenvalue weighted by Gasteiger charge is 2.14. The maximum atomic E-state index is 11.7. The molecule has 0 fully saturated rings. The first-order chi connectivity index (χ1) is 8.07. The van der Waals surface area contributed by atoms with Crippen LogP contribution >= 0.6 is 0 Å². The number of nitrogens with zero attached hydrogens (tertiary/aromatic N) is 1. The second-order valence-corrected chi connectivity index (χ2v) is 6.47. The molecule has 0 saturated heterocycles. The zero-order chi connectivity index (χ0) is 12.5. The van der Waals surface area contributed by atoms with Gasteiger partial charge in [-0.1, -0.05) is 25.1 Å². The summed E-state index contributed by atoms with van der Waals surface area (Å²) in [6.07, 6.45) is 0. The first-order valence-corrected chi connectivity index (χ1v) is 7.67. The smallest absolute Gasteiger partial charge is 0.155 e. The van der Waals surface area contributed by atoms with E-state index in [4.69, 9.17) is 0 Å². The Morgan fingerprint density at radius 3 is 2.53 bits per heavy atom. The van der Waals surface area contributed by atoms with Crippen molar-refractivity contribution >= 4 is 20.7 Å². The summed E-state index contributed by atoms with van der Waals surface area (Å²) in [4.78, 5) is 0. The summed E-state index contributed by atoms with van der Waals surface area (Å²) in [7, 11) is -2.97. The van der Waals surface area contributed by atoms with Gasteiger partial charge in [0.2, 0.25) is 0 Å². The molecular formula is C13H17NO2S. The fourth-order valence-electron chi connectivity index (χ4n) is 2.09. The standard InChI is InChI=1S/C13H17NO2S/c1-3-14-12(10-17(15,16)4-2)9-11-7-5-6-8-13(11)14/h5-9H,3-4,10H2,1-2H3. The topological polar surface area (TPSA) is 39.1 Å². The van der Waals surface area contributed by atoms with Gasteiger partial charge in [0, 0.05) is 23.5 Å². The number of hydrogen-bond donors (Lipinski definition) is 0. The van der Waals surface area contributed by atoms with Gasteiger partial charge >= 0.3 is 0 Å². The monoisotopic (exact) mass is 251 g/mol. The van der Waals surface area contributed by atoms with E-state index in [9.17, 15) is 8.42 Å². The summed E-state index contributed by atoms with van der Waals surface area (Å²) in [5, 5.41) is 1.11. The van der Waals surface area contributed by atoms with Gasteiger partial charge in [0.25, 0.3) is 0 Å². The first kappa shape index (κ1) is 12.2. The lowest BCUT2D eigenvalue weighted by Gasteiger charge is -2.07. The fourth-order valence-corrected chi connectivity index (χ4v) is 2.98. The van der Waals surface area contributed by atoms with Crippen molar-refractivity contribution in [3.8, 4) is 0 Å². The molecule has 0 bridgehead atoms. The van der Waals surface area contributed by atoms with Crippen LogP contribution in [-0.2, 0) is 22.1 Å². The Balaban J connectivity index is 2.54. The largest absolute Gasteiger partial charge is 0.344 e. The highest BCUT2D eigenvalue weighted by atomic mass is 32.2. The highest BCUT2D eigenvalue weighted by Crippen LogP contribution is 2.21. The Morgan fingerprint density at radius 2 is 1.88 bits per heavy atom. The quantitative estimate of drug-likeness (QED) is 0.838. The van der Waals surface area contributed by atoms with Gasteiger partial charge in [-0.25, -0.2) is 8.42 Å². The Morgan fingerprint density at radius 1 is 1.18 bits per heavy atom. The average molecular weight is 251 g/mol. The second-order valence-electron chi connectivity index (χ2n) is 4.12. The molecule has 0 spiro atoms. The van der Waals surface area contributed by atoms with Crippen LogP contribution in [0.4, 0.5) is 0 Å². The van der Waals surface area contributed by atoms with E-state index in [0.29, 0.717) is 0 Å². The zero-order valence-electron chi connectivity index (χ0n) is 10.2. The molecule has 0 N–H and O–H groups in total. The summed E-state index contributed by atoms with van der Waals surface area (Å²) in [5.74, 6) is 0.324. The van der Waals surface area contributed by atoms with E-state index in [1.54, 1.807) is 6.92 Å². The van der Waals surface area contributed by atoms with Crippen LogP contribution in [0.2, 0.25) is 0 Å². The molecule has 3 nitrogen and oxygen atoms in total. The van der Waals surface area contributed by atoms with E-state index in [1.807, 2.05) is 37.3 Å². The lowest BCUT2D eigenvalue weighted by atomic mass is 10.2. The highest BCUT2D eigenvalue weighted by molar-refractivity contribution is 7.90. The van der Waals surface area contributed by atoms with Crippen LogP contribution in [0.15, 0.2) is 30.3 Å². The Kier molecular flexibility index (Phi) is 3.24. The van der Waals surface area contributed by atoms with Crippen molar-refractivity contribution in [2.24, 2.45) is 0 Å². The molecule has 0 radical (unpaired) electrons. The van der Waals surface area contributed by atoms with Crippen molar-refractivity contribution in [2.75, 3.05) is 5.75 Å². The van der Waals surface area contributed by atoms with Gasteiger partial charge in [0.1, 0.15) is 0 Å². The van der Waals surface area contributed by atoms with E-state index in [2.05, 4.69) is 4.57 Å². The minimum Gasteiger partial charge on any atom is -0.344 e. The number of aryl methyl sites for hydroxylation is 1. The van der Waals surface area contributed by atoms with Crippen LogP contribution in [0.3, 0.4) is 0 Å². The molecule has 92 valence electrons. The molecule has 1 aromatic carbocycles. The summed E-state index contributed by atoms with van der Waals surface area (Å²) >= 11 is 0. The summed E-state index contributed by atoms with van der Waals surface area (Å²) < 4.78 is 25.5. The third-order valence-electron chi connectivity index (χ3n) is 3.02. The van der Waals surface area contributed by atoms with E-state index in [0.717, 1.165) is 23.1 Å². The number of rotatable bonds is 4. The molecular weight excluding hydrogens is 234 g/mol. The molecule has 0 atom stereocenters. The number of fused-ring (bicyclic) bond motifs is 1. The lowest BCUT2D eigenvalue weighted by molar-refractivity contribution is 0.594. The van der Waals surface area contributed by atoms with Crippen LogP contribution in [0.25, 0.3) is 10.9 Å². The van der Waals surface area contributed by atoms with E-state index in [-0.39, 0.29) is 11.5 Å². The SMILES string of the molecule is CCn1c(CS(=O)(=O)CC)cc2ccccc21. The molecule has 1 heterocycles. The van der Waals surface area contributed by atoms with Crippen molar-refractivity contribution < 1.29 is 8.42 Å². The van der Waals surface area contributed by atoms with Crippen molar-refractivity contribution in [1.29, 1.82) is 0 Å². The van der Waals surface area contributed by atoms with Gasteiger partial charge in [-0.3, -0.25) is 0 Å². The average Bonchev–Trinajstić information content (AvgIpc) is 2.65. The maximum absolute atomic E-state index is 11.7. The molecule has 17 heavy (non-hydrogen) atoms. The zero-order valence-corrected chi connectivity index (χ0v) is 11.0. The lowest BCUT2D eigenvalue weighted by Crippen LogP contribution is -2.10. The Labute approximate surface area is 102 Å². The molecule has 0 aliphatic carbocycles. The Bertz CT molecular complexity index is 626. The molecule has 4 heteroatoms. The van der Waals surface area contributed by atoms with Gasteiger partial charge in [-0.15, -0.1) is 0 Å². The number of aromatic nitrogens is 1. The minimum absolute atomic E-state index is 0.131. The molecule has 0 unspecified atom stereocenters. The summed E-state index contributed by atoms with van der Waals surface area (Å²) in [5.41, 5.74) is 1.99. The number of para-hydroxylation sites is 1. The molecule has 0 saturated carbocycles. The normalized spacial score (nSPS) is 12.1. The van der Waals surface area contributed by atoms with Crippen LogP contribution < -0.4 is 0 Å². The minimum atomic E-state index is -2.97. The van der Waals surface area contributed by atoms with Crippen LogP contribution in [0.1, 0.15) is 19.5 Å². The summed E-state index contributed by atoms with van der Waals surface area (Å²) in [6.45, 7) is 4.52. The molecule has 0 aliphatic rings. The maximum Gasteiger partial charge on any atom is 0.155 e. The molecule has 1 aromatic heterocycles. The van der Waals surface area contributed by atoms with E-state index in [1.165, 1.54) is 0 Å². The van der Waals surface area contributed by atoms with Gasteiger partial charge in [-0.2, -0.15) is 0 Å². The van der Waals surface area contributed by atoms with Crippen LogP contribution in [-0.4, -0.2) is 18.7 Å². The fraction of sp³-hybridized carbons (Fsp3) is 0.385. The second kappa shape index (κ2) is 4.53. The van der Waals surface area contributed by atoms with Crippen molar-refractivity contribution in [3.63, 3.8) is 0 Å². The van der Waals surface area contributed by atoms with Crippen molar-refractivity contribution in [3.05, 3.63) is 36.0 Å². The Hall–Kier alpha value is -1.29. The molecule has 2 aromatic rings. The predicted molar refractivity (Wildman–Crippen MR) is 70.8 cm³/mol. The summed E-state index contributed by atoms with van der Waals surface area (Å²) in [6, 6.07) is 9.98. The van der Waals surface area contributed by atoms with Gasteiger partial charge in [0.15, 0.2) is 9.84 Å². The van der Waals surface area contributed by atoms with Crippen molar-refractivity contribution in [1.82, 2.24) is 4.57 Å². The number of hydrogen-bond acceptors (Lipinski definition) is 2. The van der Waals surface area contributed by atoms with Crippen molar-refractivity contribution in [2.45, 2.75) is 26.1 Å². The number of sulfone groups is 1. The van der Waals surface area contributed by atoms with Gasteiger partial charge in [0.05, 0.1) is 5.75 Å². The first-order valence-electron chi connectivity index (χ1n) is 5.85. The van der Waals surface area contributed by atoms with E-state index < -0.39 is 9.84 Å². The van der Waals surface area contributed by atoms with Gasteiger partial charge in [-0.05, 0) is 24.4 Å². The van der Waals surface area contributed by atoms with Gasteiger partial charge < -0.3 is 4.57 Å². The predicted octanol–water partition coefficient (Wildman–Crippen LogP) is 2.60. The van der Waals surface area contributed by atoms with Crippen LogP contribution in [0.5, 0.6) is 0 Å². The van der Waals surface area contributed by atoms with E-state index >= 15 is 0 Å². The van der Waals surface area contributed by atoms with Crippen LogP contribution in [0, 0.1) is 0 Å². The molecule has 0 amide bonds.